The number of halogens is 1. The molecule has 0 aliphatic carbocycles. The zero-order valence-corrected chi connectivity index (χ0v) is 15.4. The van der Waals surface area contributed by atoms with Crippen LogP contribution in [0.2, 0.25) is 5.02 Å². The van der Waals surface area contributed by atoms with Gasteiger partial charge in [-0.15, -0.1) is 0 Å². The lowest BCUT2D eigenvalue weighted by Crippen LogP contribution is -2.30. The number of amides is 1. The van der Waals surface area contributed by atoms with E-state index in [1.807, 2.05) is 0 Å². The predicted octanol–water partition coefficient (Wildman–Crippen LogP) is 1.52. The van der Waals surface area contributed by atoms with Gasteiger partial charge in [-0.3, -0.25) is 4.79 Å². The molecule has 2 aromatic carbocycles. The summed E-state index contributed by atoms with van der Waals surface area (Å²) in [5.41, 5.74) is 1.04. The van der Waals surface area contributed by atoms with Crippen LogP contribution in [0.4, 0.5) is 5.69 Å². The van der Waals surface area contributed by atoms with Crippen LogP contribution < -0.4 is 13.8 Å². The molecule has 0 spiro atoms. The van der Waals surface area contributed by atoms with Gasteiger partial charge >= 0.3 is 11.3 Å². The number of aliphatic hydroxyl groups is 2. The number of nitrogens with one attached hydrogen (secondary N) is 1. The molecule has 0 bridgehead atoms. The maximum atomic E-state index is 12.2. The number of aliphatic hydroxyl groups excluding tert-OH is 2. The Bertz CT molecular complexity index is 751. The molecule has 26 heavy (non-hydrogen) atoms. The highest BCUT2D eigenvalue weighted by molar-refractivity contribution is 7.79. The van der Waals surface area contributed by atoms with Gasteiger partial charge in [0.05, 0.1) is 18.2 Å². The lowest BCUT2D eigenvalue weighted by Gasteiger charge is -2.23. The van der Waals surface area contributed by atoms with E-state index < -0.39 is 17.2 Å². The number of para-hydroxylation sites is 1. The van der Waals surface area contributed by atoms with Crippen LogP contribution >= 0.6 is 11.6 Å². The van der Waals surface area contributed by atoms with Crippen molar-refractivity contribution in [2.45, 2.75) is 0 Å². The van der Waals surface area contributed by atoms with Crippen molar-refractivity contribution in [3.63, 3.8) is 0 Å². The maximum absolute atomic E-state index is 12.2. The van der Waals surface area contributed by atoms with Crippen LogP contribution in [0.5, 0.6) is 5.75 Å². The van der Waals surface area contributed by atoms with E-state index in [1.165, 1.54) is 6.07 Å². The quantitative estimate of drug-likeness (QED) is 0.592. The van der Waals surface area contributed by atoms with Crippen LogP contribution in [0.1, 0.15) is 10.4 Å². The summed E-state index contributed by atoms with van der Waals surface area (Å²) in [5.74, 6) is -0.371. The minimum absolute atomic E-state index is 0.0550. The van der Waals surface area contributed by atoms with Gasteiger partial charge in [-0.2, -0.15) is 4.21 Å². The molecule has 0 heterocycles. The van der Waals surface area contributed by atoms with Crippen molar-refractivity contribution >= 4 is 34.5 Å². The van der Waals surface area contributed by atoms with Crippen molar-refractivity contribution in [1.29, 1.82) is 0 Å². The summed E-state index contributed by atoms with van der Waals surface area (Å²) >= 11 is 3.82. The molecule has 0 aromatic heterocycles. The molecule has 0 radical (unpaired) electrons. The Balaban J connectivity index is 1.99. The molecule has 7 nitrogen and oxygen atoms in total. The average molecular weight is 399 g/mol. The van der Waals surface area contributed by atoms with Crippen LogP contribution in [-0.2, 0) is 11.3 Å². The molecule has 2 rings (SSSR count). The molecule has 3 N–H and O–H groups in total. The largest absolute Gasteiger partial charge is 0.395 e. The number of benzene rings is 2. The zero-order valence-electron chi connectivity index (χ0n) is 13.8. The van der Waals surface area contributed by atoms with Gasteiger partial charge in [0.2, 0.25) is 0 Å². The van der Waals surface area contributed by atoms with E-state index in [1.54, 1.807) is 47.4 Å². The molecular formula is C17H19ClN2O5S. The van der Waals surface area contributed by atoms with Crippen LogP contribution in [0.3, 0.4) is 0 Å². The average Bonchev–Trinajstić information content (AvgIpc) is 2.63. The number of rotatable bonds is 9. The molecule has 1 atom stereocenters. The molecule has 140 valence electrons. The predicted molar refractivity (Wildman–Crippen MR) is 101 cm³/mol. The third kappa shape index (κ3) is 5.70. The molecule has 0 fully saturated rings. The zero-order chi connectivity index (χ0) is 18.9. The van der Waals surface area contributed by atoms with Gasteiger partial charge < -0.3 is 19.3 Å². The molecule has 0 saturated heterocycles. The highest BCUT2D eigenvalue weighted by Crippen LogP contribution is 2.23. The van der Waals surface area contributed by atoms with E-state index in [0.29, 0.717) is 13.1 Å². The van der Waals surface area contributed by atoms with E-state index in [9.17, 15) is 9.00 Å². The van der Waals surface area contributed by atoms with Gasteiger partial charge in [-0.05, 0) is 36.4 Å². The van der Waals surface area contributed by atoms with Crippen LogP contribution in [0.25, 0.3) is 0 Å². The van der Waals surface area contributed by atoms with E-state index in [-0.39, 0.29) is 29.5 Å². The van der Waals surface area contributed by atoms with Gasteiger partial charge in [0.1, 0.15) is 0 Å². The van der Waals surface area contributed by atoms with E-state index in [2.05, 4.69) is 4.72 Å². The molecule has 0 aliphatic rings. The first kappa shape index (κ1) is 20.2. The van der Waals surface area contributed by atoms with Crippen LogP contribution in [-0.4, -0.2) is 46.6 Å². The smallest absolute Gasteiger partial charge is 0.318 e. The van der Waals surface area contributed by atoms with Crippen molar-refractivity contribution in [2.75, 3.05) is 31.2 Å². The molecule has 1 amide bonds. The van der Waals surface area contributed by atoms with Gasteiger partial charge in [0.15, 0.2) is 5.75 Å². The number of anilines is 1. The maximum Gasteiger partial charge on any atom is 0.318 e. The Morgan fingerprint density at radius 2 is 1.69 bits per heavy atom. The third-order valence-electron chi connectivity index (χ3n) is 3.41. The first-order valence-electron chi connectivity index (χ1n) is 7.77. The van der Waals surface area contributed by atoms with E-state index >= 15 is 0 Å². The molecule has 2 aromatic rings. The standard InChI is InChI=1S/C17H19ClN2O5S/c18-15-3-1-2-4-16(15)25-26(24)19-17(23)13-5-7-14(8-6-13)20(9-11-21)10-12-22/h1-8,21-22H,9-12H2,(H,19,23). The first-order chi connectivity index (χ1) is 12.5. The minimum Gasteiger partial charge on any atom is -0.395 e. The fourth-order valence-corrected chi connectivity index (χ4v) is 3.02. The summed E-state index contributed by atoms with van der Waals surface area (Å²) in [4.78, 5) is 13.9. The third-order valence-corrected chi connectivity index (χ3v) is 4.41. The monoisotopic (exact) mass is 398 g/mol. The van der Waals surface area contributed by atoms with Crippen molar-refractivity contribution in [2.24, 2.45) is 0 Å². The highest BCUT2D eigenvalue weighted by Gasteiger charge is 2.13. The Hall–Kier alpha value is -2.13. The Morgan fingerprint density at radius 3 is 2.27 bits per heavy atom. The summed E-state index contributed by atoms with van der Waals surface area (Å²) in [6.45, 7) is 0.616. The molecule has 0 aliphatic heterocycles. The Kier molecular flexibility index (Phi) is 7.86. The highest BCUT2D eigenvalue weighted by atomic mass is 35.5. The fraction of sp³-hybridized carbons (Fsp3) is 0.235. The SMILES string of the molecule is O=C(NS(=O)Oc1ccccc1Cl)c1ccc(N(CCO)CCO)cc1. The van der Waals surface area contributed by atoms with Gasteiger partial charge in [-0.1, -0.05) is 23.7 Å². The second kappa shape index (κ2) is 10.1. The molecule has 1 unspecified atom stereocenters. The lowest BCUT2D eigenvalue weighted by atomic mass is 10.2. The summed E-state index contributed by atoms with van der Waals surface area (Å²) in [6, 6.07) is 13.0. The normalized spacial score (nSPS) is 11.7. The molecule has 9 heteroatoms. The van der Waals surface area contributed by atoms with Gasteiger partial charge in [-0.25, -0.2) is 4.72 Å². The summed E-state index contributed by atoms with van der Waals surface area (Å²) in [5, 5.41) is 18.4. The number of carbonyl (C=O) groups is 1. The number of hydrogen-bond acceptors (Lipinski definition) is 6. The number of nitrogens with zero attached hydrogens (tertiary/aromatic N) is 1. The lowest BCUT2D eigenvalue weighted by molar-refractivity contribution is 0.0981. The number of hydrogen-bond donors (Lipinski definition) is 3. The Morgan fingerprint density at radius 1 is 1.08 bits per heavy atom. The van der Waals surface area contributed by atoms with E-state index in [0.717, 1.165) is 5.69 Å². The van der Waals surface area contributed by atoms with Gasteiger partial charge in [0, 0.05) is 24.3 Å². The van der Waals surface area contributed by atoms with Crippen molar-refractivity contribution in [3.05, 3.63) is 59.1 Å². The van der Waals surface area contributed by atoms with E-state index in [4.69, 9.17) is 26.0 Å². The fourth-order valence-electron chi connectivity index (χ4n) is 2.18. The second-order valence-corrected chi connectivity index (χ2v) is 6.41. The summed E-state index contributed by atoms with van der Waals surface area (Å²) < 4.78 is 19.3. The number of carbonyl (C=O) groups excluding carboxylic acids is 1. The summed E-state index contributed by atoms with van der Waals surface area (Å²) in [7, 11) is 0. The Labute approximate surface area is 159 Å². The molecular weight excluding hydrogens is 380 g/mol. The molecule has 0 saturated carbocycles. The van der Waals surface area contributed by atoms with Crippen molar-refractivity contribution in [1.82, 2.24) is 4.72 Å². The van der Waals surface area contributed by atoms with Crippen LogP contribution in [0, 0.1) is 0 Å². The van der Waals surface area contributed by atoms with Crippen molar-refractivity contribution in [3.8, 4) is 5.75 Å². The second-order valence-electron chi connectivity index (χ2n) is 5.16. The topological polar surface area (TPSA) is 99.1 Å². The summed E-state index contributed by atoms with van der Waals surface area (Å²) in [6.07, 6.45) is 0. The van der Waals surface area contributed by atoms with Crippen molar-refractivity contribution < 1.29 is 23.4 Å². The minimum atomic E-state index is -2.09. The van der Waals surface area contributed by atoms with Crippen LogP contribution in [0.15, 0.2) is 48.5 Å². The first-order valence-corrected chi connectivity index (χ1v) is 9.22. The van der Waals surface area contributed by atoms with Gasteiger partial charge in [0.25, 0.3) is 5.91 Å².